The van der Waals surface area contributed by atoms with E-state index in [1.807, 2.05) is 6.92 Å². The van der Waals surface area contributed by atoms with E-state index in [9.17, 15) is 4.79 Å². The quantitative estimate of drug-likeness (QED) is 0.806. The lowest BCUT2D eigenvalue weighted by atomic mass is 10.1. The average molecular weight is 299 g/mol. The molecule has 0 aromatic heterocycles. The number of halogens is 1. The molecule has 0 radical (unpaired) electrons. The third-order valence-corrected chi connectivity index (χ3v) is 3.15. The van der Waals surface area contributed by atoms with Crippen LogP contribution in [0.15, 0.2) is 22.7 Å². The number of anilines is 1. The number of carbonyl (C=O) groups is 1. The first-order valence-electron chi connectivity index (χ1n) is 5.53. The fourth-order valence-corrected chi connectivity index (χ4v) is 2.43. The van der Waals surface area contributed by atoms with Crippen molar-refractivity contribution in [2.45, 2.75) is 13.0 Å². The molecule has 1 aliphatic rings. The Morgan fingerprint density at radius 1 is 1.53 bits per heavy atom. The molecule has 1 atom stereocenters. The Balaban J connectivity index is 2.18. The van der Waals surface area contributed by atoms with E-state index in [0.717, 1.165) is 4.47 Å². The lowest BCUT2D eigenvalue weighted by molar-refractivity contribution is -0.0124. The number of hydrogen-bond donors (Lipinski definition) is 1. The van der Waals surface area contributed by atoms with E-state index >= 15 is 0 Å². The van der Waals surface area contributed by atoms with Gasteiger partial charge in [-0.05, 0) is 25.1 Å². The van der Waals surface area contributed by atoms with Gasteiger partial charge in [-0.1, -0.05) is 15.9 Å². The zero-order chi connectivity index (χ0) is 12.4. The molecule has 1 amide bonds. The van der Waals surface area contributed by atoms with E-state index < -0.39 is 0 Å². The van der Waals surface area contributed by atoms with Gasteiger partial charge >= 0.3 is 0 Å². The van der Waals surface area contributed by atoms with E-state index in [1.165, 1.54) is 0 Å². The maximum Gasteiger partial charge on any atom is 0.254 e. The highest BCUT2D eigenvalue weighted by Gasteiger charge is 2.22. The molecule has 1 fully saturated rings. The molecule has 1 aromatic rings. The van der Waals surface area contributed by atoms with Crippen LogP contribution in [-0.2, 0) is 4.74 Å². The van der Waals surface area contributed by atoms with Crippen LogP contribution in [0.1, 0.15) is 17.3 Å². The topological polar surface area (TPSA) is 55.6 Å². The minimum absolute atomic E-state index is 0.00755. The minimum atomic E-state index is 0.00755. The van der Waals surface area contributed by atoms with Crippen LogP contribution in [0.25, 0.3) is 0 Å². The molecule has 4 nitrogen and oxygen atoms in total. The third-order valence-electron chi connectivity index (χ3n) is 2.70. The molecule has 0 aliphatic carbocycles. The Bertz CT molecular complexity index is 416. The van der Waals surface area contributed by atoms with Gasteiger partial charge in [-0.15, -0.1) is 0 Å². The number of nitrogens with zero attached hydrogens (tertiary/aromatic N) is 1. The van der Waals surface area contributed by atoms with Crippen molar-refractivity contribution < 1.29 is 9.53 Å². The normalized spacial score (nSPS) is 20.4. The molecule has 2 N–H and O–H groups in total. The molecular weight excluding hydrogens is 284 g/mol. The first-order chi connectivity index (χ1) is 8.06. The maximum atomic E-state index is 12.2. The second-order valence-electron chi connectivity index (χ2n) is 4.21. The predicted octanol–water partition coefficient (Wildman–Crippen LogP) is 1.89. The zero-order valence-electron chi connectivity index (χ0n) is 9.65. The number of hydrogen-bond acceptors (Lipinski definition) is 3. The van der Waals surface area contributed by atoms with Crippen LogP contribution in [0.4, 0.5) is 5.69 Å². The molecule has 2 rings (SSSR count). The van der Waals surface area contributed by atoms with Crippen LogP contribution in [-0.4, -0.2) is 36.6 Å². The molecular formula is C12H15BrN2O2. The fraction of sp³-hybridized carbons (Fsp3) is 0.417. The number of benzene rings is 1. The van der Waals surface area contributed by atoms with Crippen molar-refractivity contribution >= 4 is 27.5 Å². The number of amides is 1. The lowest BCUT2D eigenvalue weighted by Gasteiger charge is -2.31. The second kappa shape index (κ2) is 5.06. The van der Waals surface area contributed by atoms with Crippen molar-refractivity contribution in [3.63, 3.8) is 0 Å². The van der Waals surface area contributed by atoms with Gasteiger partial charge in [-0.3, -0.25) is 4.79 Å². The Morgan fingerprint density at radius 3 is 2.94 bits per heavy atom. The Morgan fingerprint density at radius 2 is 2.29 bits per heavy atom. The van der Waals surface area contributed by atoms with Crippen molar-refractivity contribution in [3.8, 4) is 0 Å². The summed E-state index contributed by atoms with van der Waals surface area (Å²) in [6, 6.07) is 5.27. The van der Waals surface area contributed by atoms with Crippen LogP contribution in [0, 0.1) is 0 Å². The summed E-state index contributed by atoms with van der Waals surface area (Å²) in [5, 5.41) is 0. The van der Waals surface area contributed by atoms with E-state index in [1.54, 1.807) is 23.1 Å². The number of rotatable bonds is 1. The highest BCUT2D eigenvalue weighted by atomic mass is 79.9. The summed E-state index contributed by atoms with van der Waals surface area (Å²) in [6.07, 6.45) is 0.0946. The summed E-state index contributed by atoms with van der Waals surface area (Å²) < 4.78 is 6.24. The van der Waals surface area contributed by atoms with Crippen LogP contribution in [0.2, 0.25) is 0 Å². The van der Waals surface area contributed by atoms with Gasteiger partial charge in [0.05, 0.1) is 12.7 Å². The van der Waals surface area contributed by atoms with Gasteiger partial charge in [0.1, 0.15) is 0 Å². The van der Waals surface area contributed by atoms with Gasteiger partial charge in [0.15, 0.2) is 0 Å². The summed E-state index contributed by atoms with van der Waals surface area (Å²) in [5.74, 6) is 0.00755. The van der Waals surface area contributed by atoms with E-state index in [0.29, 0.717) is 30.9 Å². The largest absolute Gasteiger partial charge is 0.399 e. The molecule has 1 saturated heterocycles. The highest BCUT2D eigenvalue weighted by Crippen LogP contribution is 2.19. The molecule has 1 heterocycles. The maximum absolute atomic E-state index is 12.2. The lowest BCUT2D eigenvalue weighted by Crippen LogP contribution is -2.44. The predicted molar refractivity (Wildman–Crippen MR) is 69.9 cm³/mol. The van der Waals surface area contributed by atoms with Crippen LogP contribution >= 0.6 is 15.9 Å². The Labute approximate surface area is 109 Å². The highest BCUT2D eigenvalue weighted by molar-refractivity contribution is 9.10. The minimum Gasteiger partial charge on any atom is -0.399 e. The van der Waals surface area contributed by atoms with Gasteiger partial charge in [0.2, 0.25) is 0 Å². The van der Waals surface area contributed by atoms with Crippen LogP contribution < -0.4 is 5.73 Å². The number of morpholine rings is 1. The molecule has 1 unspecified atom stereocenters. The Hall–Kier alpha value is -1.07. The smallest absolute Gasteiger partial charge is 0.254 e. The molecule has 1 aromatic carbocycles. The fourth-order valence-electron chi connectivity index (χ4n) is 1.92. The van der Waals surface area contributed by atoms with E-state index in [4.69, 9.17) is 10.5 Å². The average Bonchev–Trinajstić information content (AvgIpc) is 2.26. The number of carbonyl (C=O) groups excluding carboxylic acids is 1. The summed E-state index contributed by atoms with van der Waals surface area (Å²) in [6.45, 7) is 3.83. The number of nitrogens with two attached hydrogens (primary N) is 1. The molecule has 0 bridgehead atoms. The zero-order valence-corrected chi connectivity index (χ0v) is 11.2. The standard InChI is InChI=1S/C12H15BrN2O2/c1-8-7-15(2-3-17-8)12(16)9-4-10(13)6-11(14)5-9/h4-6,8H,2-3,7,14H2,1H3. The molecule has 92 valence electrons. The summed E-state index contributed by atoms with van der Waals surface area (Å²) in [7, 11) is 0. The first kappa shape index (κ1) is 12.4. The Kier molecular flexibility index (Phi) is 3.69. The van der Waals surface area contributed by atoms with Crippen molar-refractivity contribution in [2.24, 2.45) is 0 Å². The number of nitrogen functional groups attached to an aromatic ring is 1. The van der Waals surface area contributed by atoms with Crippen molar-refractivity contribution in [3.05, 3.63) is 28.2 Å². The molecule has 0 saturated carbocycles. The summed E-state index contributed by atoms with van der Waals surface area (Å²) >= 11 is 3.34. The first-order valence-corrected chi connectivity index (χ1v) is 6.32. The molecule has 1 aliphatic heterocycles. The van der Waals surface area contributed by atoms with E-state index in [-0.39, 0.29) is 12.0 Å². The van der Waals surface area contributed by atoms with E-state index in [2.05, 4.69) is 15.9 Å². The van der Waals surface area contributed by atoms with Gasteiger partial charge in [0, 0.05) is 28.8 Å². The monoisotopic (exact) mass is 298 g/mol. The van der Waals surface area contributed by atoms with Crippen molar-refractivity contribution in [2.75, 3.05) is 25.4 Å². The third kappa shape index (κ3) is 2.98. The van der Waals surface area contributed by atoms with Gasteiger partial charge in [0.25, 0.3) is 5.91 Å². The molecule has 5 heteroatoms. The molecule has 0 spiro atoms. The summed E-state index contributed by atoms with van der Waals surface area (Å²) in [5.41, 5.74) is 6.93. The second-order valence-corrected chi connectivity index (χ2v) is 5.12. The van der Waals surface area contributed by atoms with Crippen molar-refractivity contribution in [1.82, 2.24) is 4.90 Å². The molecule has 17 heavy (non-hydrogen) atoms. The SMILES string of the molecule is CC1CN(C(=O)c2cc(N)cc(Br)c2)CCO1. The number of ether oxygens (including phenoxy) is 1. The van der Waals surface area contributed by atoms with Crippen LogP contribution in [0.5, 0.6) is 0 Å². The van der Waals surface area contributed by atoms with Gasteiger partial charge < -0.3 is 15.4 Å². The van der Waals surface area contributed by atoms with Gasteiger partial charge in [-0.25, -0.2) is 0 Å². The summed E-state index contributed by atoms with van der Waals surface area (Å²) in [4.78, 5) is 14.0. The van der Waals surface area contributed by atoms with Crippen molar-refractivity contribution in [1.29, 1.82) is 0 Å². The van der Waals surface area contributed by atoms with Gasteiger partial charge in [-0.2, -0.15) is 0 Å². The van der Waals surface area contributed by atoms with Crippen LogP contribution in [0.3, 0.4) is 0 Å².